The van der Waals surface area contributed by atoms with Crippen molar-refractivity contribution < 1.29 is 4.74 Å². The first kappa shape index (κ1) is 14.6. The van der Waals surface area contributed by atoms with E-state index in [1.807, 2.05) is 25.2 Å². The van der Waals surface area contributed by atoms with Crippen LogP contribution in [0.15, 0.2) is 24.3 Å². The Bertz CT molecular complexity index is 463. The Balaban J connectivity index is 1.93. The van der Waals surface area contributed by atoms with Crippen LogP contribution in [0.2, 0.25) is 0 Å². The summed E-state index contributed by atoms with van der Waals surface area (Å²) in [7, 11) is 3.54. The third-order valence-corrected chi connectivity index (χ3v) is 3.74. The van der Waals surface area contributed by atoms with Crippen LogP contribution in [0.25, 0.3) is 0 Å². The largest absolute Gasteiger partial charge is 0.495 e. The van der Waals surface area contributed by atoms with Gasteiger partial charge in [0, 0.05) is 32.7 Å². The summed E-state index contributed by atoms with van der Waals surface area (Å²) in [5, 5.41) is 12.0. The van der Waals surface area contributed by atoms with Gasteiger partial charge in [0.1, 0.15) is 11.8 Å². The molecule has 0 radical (unpaired) electrons. The van der Waals surface area contributed by atoms with E-state index in [1.54, 1.807) is 7.11 Å². The van der Waals surface area contributed by atoms with Crippen molar-refractivity contribution in [3.8, 4) is 11.8 Å². The molecule has 5 nitrogen and oxygen atoms in total. The molecule has 1 N–H and O–H groups in total. The molecule has 1 aliphatic heterocycles. The molecular formula is C15H22N4O. The van der Waals surface area contributed by atoms with Crippen LogP contribution in [0.3, 0.4) is 0 Å². The predicted molar refractivity (Wildman–Crippen MR) is 80.1 cm³/mol. The first-order valence-corrected chi connectivity index (χ1v) is 6.95. The van der Waals surface area contributed by atoms with Gasteiger partial charge in [-0.3, -0.25) is 4.90 Å². The van der Waals surface area contributed by atoms with E-state index in [4.69, 9.17) is 10.00 Å². The topological polar surface area (TPSA) is 51.5 Å². The molecule has 1 aromatic carbocycles. The quantitative estimate of drug-likeness (QED) is 0.865. The van der Waals surface area contributed by atoms with Crippen molar-refractivity contribution in [2.45, 2.75) is 6.04 Å². The minimum atomic E-state index is -0.0900. The van der Waals surface area contributed by atoms with E-state index in [-0.39, 0.29) is 6.04 Å². The van der Waals surface area contributed by atoms with E-state index in [0.717, 1.165) is 44.2 Å². The summed E-state index contributed by atoms with van der Waals surface area (Å²) >= 11 is 0. The maximum atomic E-state index is 8.99. The second-order valence-corrected chi connectivity index (χ2v) is 4.93. The van der Waals surface area contributed by atoms with Gasteiger partial charge in [0.25, 0.3) is 0 Å². The summed E-state index contributed by atoms with van der Waals surface area (Å²) in [6, 6.07) is 10.3. The van der Waals surface area contributed by atoms with Gasteiger partial charge in [-0.2, -0.15) is 5.26 Å². The SMILES string of the molecule is CNC(C#N)CN1CCN(c2ccccc2OC)CC1. The second-order valence-electron chi connectivity index (χ2n) is 4.93. The number of rotatable bonds is 5. The Morgan fingerprint density at radius 3 is 2.60 bits per heavy atom. The van der Waals surface area contributed by atoms with Gasteiger partial charge >= 0.3 is 0 Å². The molecule has 0 bridgehead atoms. The molecule has 1 aliphatic rings. The molecule has 108 valence electrons. The van der Waals surface area contributed by atoms with Crippen molar-refractivity contribution >= 4 is 5.69 Å². The number of methoxy groups -OCH3 is 1. The van der Waals surface area contributed by atoms with Gasteiger partial charge in [-0.05, 0) is 19.2 Å². The van der Waals surface area contributed by atoms with Crippen LogP contribution in [0.5, 0.6) is 5.75 Å². The van der Waals surface area contributed by atoms with Gasteiger partial charge in [0.05, 0.1) is 18.9 Å². The highest BCUT2D eigenvalue weighted by Crippen LogP contribution is 2.28. The Kier molecular flexibility index (Phi) is 5.22. The Labute approximate surface area is 120 Å². The summed E-state index contributed by atoms with van der Waals surface area (Å²) in [5.74, 6) is 0.922. The van der Waals surface area contributed by atoms with Crippen molar-refractivity contribution in [3.05, 3.63) is 24.3 Å². The molecule has 1 unspecified atom stereocenters. The number of hydrogen-bond donors (Lipinski definition) is 1. The van der Waals surface area contributed by atoms with Gasteiger partial charge in [-0.1, -0.05) is 12.1 Å². The summed E-state index contributed by atoms with van der Waals surface area (Å²) < 4.78 is 5.42. The van der Waals surface area contributed by atoms with E-state index in [9.17, 15) is 0 Å². The van der Waals surface area contributed by atoms with Crippen LogP contribution in [0.4, 0.5) is 5.69 Å². The van der Waals surface area contributed by atoms with Crippen molar-refractivity contribution in [3.63, 3.8) is 0 Å². The molecule has 0 amide bonds. The number of nitrogens with zero attached hydrogens (tertiary/aromatic N) is 3. The third-order valence-electron chi connectivity index (χ3n) is 3.74. The number of para-hydroxylation sites is 2. The number of likely N-dealkylation sites (N-methyl/N-ethyl adjacent to an activating group) is 1. The maximum Gasteiger partial charge on any atom is 0.142 e. The Morgan fingerprint density at radius 1 is 1.30 bits per heavy atom. The van der Waals surface area contributed by atoms with Crippen LogP contribution < -0.4 is 15.0 Å². The predicted octanol–water partition coefficient (Wildman–Crippen LogP) is 0.929. The number of ether oxygens (including phenoxy) is 1. The minimum Gasteiger partial charge on any atom is -0.495 e. The molecule has 5 heteroatoms. The fraction of sp³-hybridized carbons (Fsp3) is 0.533. The van der Waals surface area contributed by atoms with E-state index >= 15 is 0 Å². The smallest absolute Gasteiger partial charge is 0.142 e. The molecule has 0 aromatic heterocycles. The van der Waals surface area contributed by atoms with Crippen LogP contribution in [-0.4, -0.2) is 57.8 Å². The van der Waals surface area contributed by atoms with Crippen LogP contribution in [0, 0.1) is 11.3 Å². The highest BCUT2D eigenvalue weighted by atomic mass is 16.5. The molecule has 20 heavy (non-hydrogen) atoms. The molecular weight excluding hydrogens is 252 g/mol. The highest BCUT2D eigenvalue weighted by molar-refractivity contribution is 5.58. The fourth-order valence-corrected chi connectivity index (χ4v) is 2.52. The molecule has 1 fully saturated rings. The number of nitriles is 1. The average molecular weight is 274 g/mol. The lowest BCUT2D eigenvalue weighted by Crippen LogP contribution is -2.50. The van der Waals surface area contributed by atoms with E-state index < -0.39 is 0 Å². The highest BCUT2D eigenvalue weighted by Gasteiger charge is 2.21. The zero-order valence-electron chi connectivity index (χ0n) is 12.2. The zero-order chi connectivity index (χ0) is 14.4. The minimum absolute atomic E-state index is 0.0900. The first-order chi connectivity index (χ1) is 9.78. The molecule has 0 spiro atoms. The standard InChI is InChI=1S/C15H22N4O/c1-17-13(11-16)12-18-7-9-19(10-8-18)14-5-3-4-6-15(14)20-2/h3-6,13,17H,7-10,12H2,1-2H3. The molecule has 1 aromatic rings. The van der Waals surface area contributed by atoms with Crippen molar-refractivity contribution in [1.82, 2.24) is 10.2 Å². The lowest BCUT2D eigenvalue weighted by Gasteiger charge is -2.37. The molecule has 2 rings (SSSR count). The lowest BCUT2D eigenvalue weighted by atomic mass is 10.2. The molecule has 1 atom stereocenters. The number of anilines is 1. The molecule has 1 heterocycles. The molecule has 0 aliphatic carbocycles. The molecule has 1 saturated heterocycles. The summed E-state index contributed by atoms with van der Waals surface area (Å²) in [6.07, 6.45) is 0. The lowest BCUT2D eigenvalue weighted by molar-refractivity contribution is 0.245. The fourth-order valence-electron chi connectivity index (χ4n) is 2.52. The van der Waals surface area contributed by atoms with Gasteiger partial charge in [0.15, 0.2) is 0 Å². The van der Waals surface area contributed by atoms with Gasteiger partial charge in [-0.25, -0.2) is 0 Å². The second kappa shape index (κ2) is 7.13. The average Bonchev–Trinajstić information content (AvgIpc) is 2.53. The number of nitrogens with one attached hydrogen (secondary N) is 1. The van der Waals surface area contributed by atoms with Gasteiger partial charge in [-0.15, -0.1) is 0 Å². The van der Waals surface area contributed by atoms with Gasteiger partial charge in [0.2, 0.25) is 0 Å². The summed E-state index contributed by atoms with van der Waals surface area (Å²) in [4.78, 5) is 4.67. The van der Waals surface area contributed by atoms with E-state index in [1.165, 1.54) is 0 Å². The summed E-state index contributed by atoms with van der Waals surface area (Å²) in [5.41, 5.74) is 1.15. The van der Waals surface area contributed by atoms with Crippen LogP contribution in [0.1, 0.15) is 0 Å². The number of piperazine rings is 1. The molecule has 0 saturated carbocycles. The number of benzene rings is 1. The van der Waals surface area contributed by atoms with Crippen molar-refractivity contribution in [2.24, 2.45) is 0 Å². The normalized spacial score (nSPS) is 17.6. The summed E-state index contributed by atoms with van der Waals surface area (Å²) in [6.45, 7) is 4.65. The van der Waals surface area contributed by atoms with Crippen molar-refractivity contribution in [1.29, 1.82) is 5.26 Å². The Hall–Kier alpha value is -1.77. The van der Waals surface area contributed by atoms with Crippen LogP contribution in [-0.2, 0) is 0 Å². The van der Waals surface area contributed by atoms with E-state index in [0.29, 0.717) is 0 Å². The number of hydrogen-bond acceptors (Lipinski definition) is 5. The first-order valence-electron chi connectivity index (χ1n) is 6.95. The van der Waals surface area contributed by atoms with Crippen molar-refractivity contribution in [2.75, 3.05) is 51.8 Å². The third kappa shape index (κ3) is 3.41. The van der Waals surface area contributed by atoms with E-state index in [2.05, 4.69) is 27.3 Å². The van der Waals surface area contributed by atoms with Gasteiger partial charge < -0.3 is 15.0 Å². The maximum absolute atomic E-state index is 8.99. The van der Waals surface area contributed by atoms with Crippen LogP contribution >= 0.6 is 0 Å². The zero-order valence-corrected chi connectivity index (χ0v) is 12.2. The Morgan fingerprint density at radius 2 is 2.00 bits per heavy atom. The monoisotopic (exact) mass is 274 g/mol.